The molecule has 0 saturated carbocycles. The van der Waals surface area contributed by atoms with E-state index in [0.29, 0.717) is 6.04 Å². The summed E-state index contributed by atoms with van der Waals surface area (Å²) in [7, 11) is 0. The highest BCUT2D eigenvalue weighted by Crippen LogP contribution is 2.21. The first-order valence-electron chi connectivity index (χ1n) is 7.39. The molecule has 2 heteroatoms. The number of aryl methyl sites for hydroxylation is 1. The molecule has 2 heterocycles. The number of pyridine rings is 1. The number of piperidine rings is 1. The summed E-state index contributed by atoms with van der Waals surface area (Å²) in [5.41, 5.74) is 2.55. The van der Waals surface area contributed by atoms with E-state index in [2.05, 4.69) is 47.6 Å². The molecule has 1 aliphatic heterocycles. The van der Waals surface area contributed by atoms with Crippen molar-refractivity contribution in [1.82, 2.24) is 10.3 Å². The molecule has 2 atom stereocenters. The Morgan fingerprint density at radius 1 is 1.21 bits per heavy atom. The van der Waals surface area contributed by atoms with Gasteiger partial charge in [0.05, 0.1) is 5.52 Å². The summed E-state index contributed by atoms with van der Waals surface area (Å²) in [5.74, 6) is 0.845. The van der Waals surface area contributed by atoms with Crippen molar-refractivity contribution in [3.63, 3.8) is 0 Å². The number of rotatable bonds is 3. The number of hydrogen-bond acceptors (Lipinski definition) is 2. The Labute approximate surface area is 115 Å². The molecule has 1 fully saturated rings. The highest BCUT2D eigenvalue weighted by molar-refractivity contribution is 5.81. The fourth-order valence-electron chi connectivity index (χ4n) is 3.01. The zero-order chi connectivity index (χ0) is 13.1. The van der Waals surface area contributed by atoms with Crippen molar-refractivity contribution < 1.29 is 0 Å². The van der Waals surface area contributed by atoms with Crippen LogP contribution in [0.1, 0.15) is 31.7 Å². The second-order valence-electron chi connectivity index (χ2n) is 5.81. The van der Waals surface area contributed by atoms with Crippen molar-refractivity contribution in [2.24, 2.45) is 5.92 Å². The number of nitrogens with zero attached hydrogens (tertiary/aromatic N) is 1. The maximum atomic E-state index is 4.43. The highest BCUT2D eigenvalue weighted by Gasteiger charge is 2.17. The molecule has 0 spiro atoms. The van der Waals surface area contributed by atoms with E-state index in [9.17, 15) is 0 Å². The fraction of sp³-hybridized carbons (Fsp3) is 0.471. The van der Waals surface area contributed by atoms with Crippen molar-refractivity contribution >= 4 is 10.9 Å². The Morgan fingerprint density at radius 2 is 2.11 bits per heavy atom. The van der Waals surface area contributed by atoms with Gasteiger partial charge in [-0.1, -0.05) is 25.1 Å². The van der Waals surface area contributed by atoms with Crippen molar-refractivity contribution in [2.75, 3.05) is 6.54 Å². The van der Waals surface area contributed by atoms with Gasteiger partial charge in [0.2, 0.25) is 0 Å². The van der Waals surface area contributed by atoms with E-state index in [0.717, 1.165) is 17.9 Å². The molecule has 2 aromatic rings. The van der Waals surface area contributed by atoms with Crippen LogP contribution in [-0.2, 0) is 6.42 Å². The minimum absolute atomic E-state index is 0.697. The van der Waals surface area contributed by atoms with Gasteiger partial charge in [0.1, 0.15) is 0 Å². The minimum atomic E-state index is 0.697. The van der Waals surface area contributed by atoms with E-state index in [1.165, 1.54) is 36.8 Å². The smallest absolute Gasteiger partial charge is 0.0704 e. The molecular formula is C17H22N2. The molecule has 1 aliphatic rings. The first-order valence-corrected chi connectivity index (χ1v) is 7.39. The van der Waals surface area contributed by atoms with E-state index in [-0.39, 0.29) is 0 Å². The summed E-state index contributed by atoms with van der Waals surface area (Å²) < 4.78 is 0. The second kappa shape index (κ2) is 5.70. The minimum Gasteiger partial charge on any atom is -0.314 e. The Balaban J connectivity index is 1.68. The SMILES string of the molecule is CC1CCC(CCc2ccnc3ccccc23)NC1. The Morgan fingerprint density at radius 3 is 2.95 bits per heavy atom. The predicted molar refractivity (Wildman–Crippen MR) is 80.3 cm³/mol. The van der Waals surface area contributed by atoms with Gasteiger partial charge in [-0.2, -0.15) is 0 Å². The van der Waals surface area contributed by atoms with E-state index < -0.39 is 0 Å². The normalized spacial score (nSPS) is 23.6. The van der Waals surface area contributed by atoms with E-state index in [1.54, 1.807) is 0 Å². The number of para-hydroxylation sites is 1. The Kier molecular flexibility index (Phi) is 3.79. The molecule has 19 heavy (non-hydrogen) atoms. The van der Waals surface area contributed by atoms with Crippen LogP contribution in [0.3, 0.4) is 0 Å². The van der Waals surface area contributed by atoms with E-state index >= 15 is 0 Å². The number of nitrogens with one attached hydrogen (secondary N) is 1. The summed E-state index contributed by atoms with van der Waals surface area (Å²) >= 11 is 0. The molecule has 1 aromatic carbocycles. The Bertz CT molecular complexity index is 536. The van der Waals surface area contributed by atoms with Crippen LogP contribution >= 0.6 is 0 Å². The van der Waals surface area contributed by atoms with E-state index in [1.807, 2.05) is 6.20 Å². The molecule has 0 radical (unpaired) electrons. The lowest BCUT2D eigenvalue weighted by Crippen LogP contribution is -2.38. The lowest BCUT2D eigenvalue weighted by Gasteiger charge is -2.27. The summed E-state index contributed by atoms with van der Waals surface area (Å²) in [6.45, 7) is 3.52. The number of benzene rings is 1. The average Bonchev–Trinajstić information content (AvgIpc) is 2.47. The van der Waals surface area contributed by atoms with Crippen LogP contribution in [0.2, 0.25) is 0 Å². The predicted octanol–water partition coefficient (Wildman–Crippen LogP) is 3.56. The standard InChI is InChI=1S/C17H22N2/c1-13-6-8-15(19-12-13)9-7-14-10-11-18-17-5-3-2-4-16(14)17/h2-5,10-11,13,15,19H,6-9,12H2,1H3. The van der Waals surface area contributed by atoms with Crippen LogP contribution in [0.4, 0.5) is 0 Å². The first kappa shape index (κ1) is 12.6. The van der Waals surface area contributed by atoms with Crippen molar-refractivity contribution in [3.8, 4) is 0 Å². The molecule has 0 aliphatic carbocycles. The van der Waals surface area contributed by atoms with Crippen LogP contribution in [-0.4, -0.2) is 17.6 Å². The van der Waals surface area contributed by atoms with Gasteiger partial charge >= 0.3 is 0 Å². The maximum Gasteiger partial charge on any atom is 0.0704 e. The molecule has 1 N–H and O–H groups in total. The second-order valence-corrected chi connectivity index (χ2v) is 5.81. The molecular weight excluding hydrogens is 232 g/mol. The zero-order valence-corrected chi connectivity index (χ0v) is 11.6. The average molecular weight is 254 g/mol. The molecule has 0 amide bonds. The summed E-state index contributed by atoms with van der Waals surface area (Å²) in [5, 5.41) is 4.99. The summed E-state index contributed by atoms with van der Waals surface area (Å²) in [6, 6.07) is 11.3. The maximum absolute atomic E-state index is 4.43. The van der Waals surface area contributed by atoms with Crippen LogP contribution in [0.5, 0.6) is 0 Å². The topological polar surface area (TPSA) is 24.9 Å². The van der Waals surface area contributed by atoms with Gasteiger partial charge in [-0.05, 0) is 55.8 Å². The van der Waals surface area contributed by atoms with Crippen molar-refractivity contribution in [2.45, 2.75) is 38.6 Å². The van der Waals surface area contributed by atoms with E-state index in [4.69, 9.17) is 0 Å². The van der Waals surface area contributed by atoms with Crippen LogP contribution < -0.4 is 5.32 Å². The zero-order valence-electron chi connectivity index (χ0n) is 11.6. The molecule has 2 unspecified atom stereocenters. The third-order valence-electron chi connectivity index (χ3n) is 4.26. The highest BCUT2D eigenvalue weighted by atomic mass is 14.9. The number of aromatic nitrogens is 1. The molecule has 1 saturated heterocycles. The molecule has 1 aromatic heterocycles. The largest absolute Gasteiger partial charge is 0.314 e. The van der Waals surface area contributed by atoms with Gasteiger partial charge in [-0.15, -0.1) is 0 Å². The quantitative estimate of drug-likeness (QED) is 0.906. The molecule has 2 nitrogen and oxygen atoms in total. The molecule has 0 bridgehead atoms. The van der Waals surface area contributed by atoms with Crippen LogP contribution in [0.25, 0.3) is 10.9 Å². The van der Waals surface area contributed by atoms with Gasteiger partial charge in [0.25, 0.3) is 0 Å². The van der Waals surface area contributed by atoms with Gasteiger partial charge in [0.15, 0.2) is 0 Å². The van der Waals surface area contributed by atoms with Gasteiger partial charge < -0.3 is 5.32 Å². The summed E-state index contributed by atoms with van der Waals surface area (Å²) in [6.07, 6.45) is 7.02. The van der Waals surface area contributed by atoms with Gasteiger partial charge in [-0.3, -0.25) is 4.98 Å². The lowest BCUT2D eigenvalue weighted by atomic mass is 9.92. The van der Waals surface area contributed by atoms with Crippen LogP contribution in [0, 0.1) is 5.92 Å². The third-order valence-corrected chi connectivity index (χ3v) is 4.26. The number of hydrogen-bond donors (Lipinski definition) is 1. The Hall–Kier alpha value is -1.41. The van der Waals surface area contributed by atoms with Crippen molar-refractivity contribution in [1.29, 1.82) is 0 Å². The third kappa shape index (κ3) is 2.95. The van der Waals surface area contributed by atoms with Crippen molar-refractivity contribution in [3.05, 3.63) is 42.1 Å². The van der Waals surface area contributed by atoms with Crippen LogP contribution in [0.15, 0.2) is 36.5 Å². The molecule has 100 valence electrons. The first-order chi connectivity index (χ1) is 9.33. The molecule has 3 rings (SSSR count). The van der Waals surface area contributed by atoms with Gasteiger partial charge in [-0.25, -0.2) is 0 Å². The lowest BCUT2D eigenvalue weighted by molar-refractivity contribution is 0.316. The monoisotopic (exact) mass is 254 g/mol. The van der Waals surface area contributed by atoms with Gasteiger partial charge in [0, 0.05) is 17.6 Å². The summed E-state index contributed by atoms with van der Waals surface area (Å²) in [4.78, 5) is 4.43. The fourth-order valence-corrected chi connectivity index (χ4v) is 3.01. The number of fused-ring (bicyclic) bond motifs is 1.